The largest absolute Gasteiger partial charge is 0.305 e. The van der Waals surface area contributed by atoms with Gasteiger partial charge in [0.1, 0.15) is 0 Å². The van der Waals surface area contributed by atoms with E-state index >= 15 is 0 Å². The molecule has 0 fully saturated rings. The fourth-order valence-corrected chi connectivity index (χ4v) is 1.46. The van der Waals surface area contributed by atoms with Gasteiger partial charge in [0.15, 0.2) is 0 Å². The van der Waals surface area contributed by atoms with Crippen LogP contribution in [0.3, 0.4) is 0 Å². The quantitative estimate of drug-likeness (QED) is 0.575. The van der Waals surface area contributed by atoms with Crippen molar-refractivity contribution in [3.8, 4) is 0 Å². The zero-order valence-electron chi connectivity index (χ0n) is 10.2. The van der Waals surface area contributed by atoms with Crippen LogP contribution in [0.1, 0.15) is 59.8 Å². The molecule has 1 atom stereocenters. The van der Waals surface area contributed by atoms with Crippen molar-refractivity contribution in [3.05, 3.63) is 11.6 Å². The molecule has 82 valence electrons. The van der Waals surface area contributed by atoms with Crippen LogP contribution >= 0.6 is 0 Å². The first-order valence-corrected chi connectivity index (χ1v) is 5.92. The number of rotatable bonds is 7. The van der Waals surface area contributed by atoms with E-state index in [0.29, 0.717) is 0 Å². The molecule has 0 aromatic heterocycles. The Labute approximate surface area is 89.1 Å². The van der Waals surface area contributed by atoms with Gasteiger partial charge in [0.25, 0.3) is 0 Å². The minimum absolute atomic E-state index is 0.792. The Balaban J connectivity index is 4.11. The molecular formula is C13H25N. The average molecular weight is 195 g/mol. The molecule has 1 heteroatoms. The highest BCUT2D eigenvalue weighted by Gasteiger charge is 2.05. The van der Waals surface area contributed by atoms with Crippen molar-refractivity contribution in [2.24, 2.45) is 5.92 Å². The Bertz CT molecular complexity index is 191. The molecule has 0 aromatic rings. The van der Waals surface area contributed by atoms with E-state index < -0.39 is 0 Å². The first-order chi connectivity index (χ1) is 6.65. The van der Waals surface area contributed by atoms with Gasteiger partial charge in [-0.2, -0.15) is 0 Å². The maximum atomic E-state index is 7.83. The Morgan fingerprint density at radius 3 is 2.36 bits per heavy atom. The molecule has 0 saturated carbocycles. The van der Waals surface area contributed by atoms with Gasteiger partial charge in [-0.3, -0.25) is 0 Å². The van der Waals surface area contributed by atoms with Gasteiger partial charge in [-0.15, -0.1) is 0 Å². The van der Waals surface area contributed by atoms with Gasteiger partial charge in [0.2, 0.25) is 0 Å². The molecule has 0 aromatic carbocycles. The van der Waals surface area contributed by atoms with E-state index in [1.54, 1.807) is 0 Å². The zero-order chi connectivity index (χ0) is 11.0. The van der Waals surface area contributed by atoms with Gasteiger partial charge in [-0.25, -0.2) is 0 Å². The summed E-state index contributed by atoms with van der Waals surface area (Å²) in [7, 11) is 0. The molecule has 1 unspecified atom stereocenters. The van der Waals surface area contributed by atoms with Gasteiger partial charge in [-0.05, 0) is 37.2 Å². The van der Waals surface area contributed by atoms with Gasteiger partial charge in [0, 0.05) is 5.71 Å². The van der Waals surface area contributed by atoms with E-state index in [-0.39, 0.29) is 0 Å². The van der Waals surface area contributed by atoms with Crippen LogP contribution in [0, 0.1) is 11.3 Å². The van der Waals surface area contributed by atoms with Crippen LogP contribution in [0.2, 0.25) is 0 Å². The lowest BCUT2D eigenvalue weighted by molar-refractivity contribution is 0.518. The second-order valence-electron chi connectivity index (χ2n) is 4.02. The molecule has 14 heavy (non-hydrogen) atoms. The summed E-state index contributed by atoms with van der Waals surface area (Å²) in [6, 6.07) is 0. The third-order valence-electron chi connectivity index (χ3n) is 2.80. The van der Waals surface area contributed by atoms with Crippen molar-refractivity contribution in [2.45, 2.75) is 59.8 Å². The Morgan fingerprint density at radius 1 is 1.29 bits per heavy atom. The summed E-state index contributed by atoms with van der Waals surface area (Å²) in [5, 5.41) is 7.83. The van der Waals surface area contributed by atoms with Crippen LogP contribution in [0.5, 0.6) is 0 Å². The second kappa shape index (κ2) is 7.78. The molecular weight excluding hydrogens is 170 g/mol. The topological polar surface area (TPSA) is 23.9 Å². The summed E-state index contributed by atoms with van der Waals surface area (Å²) >= 11 is 0. The number of hydrogen-bond donors (Lipinski definition) is 1. The zero-order valence-corrected chi connectivity index (χ0v) is 10.2. The molecule has 0 spiro atoms. The van der Waals surface area contributed by atoms with E-state index in [2.05, 4.69) is 33.8 Å². The fourth-order valence-electron chi connectivity index (χ4n) is 1.46. The first kappa shape index (κ1) is 13.4. The molecule has 0 aliphatic heterocycles. The molecule has 1 nitrogen and oxygen atoms in total. The first-order valence-electron chi connectivity index (χ1n) is 5.92. The van der Waals surface area contributed by atoms with Crippen LogP contribution in [0.4, 0.5) is 0 Å². The Morgan fingerprint density at radius 2 is 1.93 bits per heavy atom. The van der Waals surface area contributed by atoms with E-state index in [9.17, 15) is 0 Å². The lowest BCUT2D eigenvalue weighted by Crippen LogP contribution is -2.02. The SMILES string of the molecule is CC/C=C(\CCC(C)CC)C(=N)CC. The second-order valence-corrected chi connectivity index (χ2v) is 4.02. The minimum Gasteiger partial charge on any atom is -0.305 e. The normalized spacial score (nSPS) is 14.1. The molecule has 0 aliphatic carbocycles. The van der Waals surface area contributed by atoms with Crippen molar-refractivity contribution in [1.82, 2.24) is 0 Å². The van der Waals surface area contributed by atoms with E-state index in [4.69, 9.17) is 5.41 Å². The lowest BCUT2D eigenvalue weighted by Gasteiger charge is -2.11. The summed E-state index contributed by atoms with van der Waals surface area (Å²) < 4.78 is 0. The lowest BCUT2D eigenvalue weighted by atomic mass is 9.95. The van der Waals surface area contributed by atoms with Gasteiger partial charge >= 0.3 is 0 Å². The molecule has 0 bridgehead atoms. The summed E-state index contributed by atoms with van der Waals surface area (Å²) in [4.78, 5) is 0. The molecule has 0 aliphatic rings. The number of allylic oxidation sites excluding steroid dienone is 2. The summed E-state index contributed by atoms with van der Waals surface area (Å²) in [6.07, 6.45) is 7.71. The molecule has 0 rings (SSSR count). The van der Waals surface area contributed by atoms with Gasteiger partial charge in [-0.1, -0.05) is 40.2 Å². The summed E-state index contributed by atoms with van der Waals surface area (Å²) in [6.45, 7) is 8.74. The number of hydrogen-bond acceptors (Lipinski definition) is 1. The highest BCUT2D eigenvalue weighted by molar-refractivity contribution is 5.97. The van der Waals surface area contributed by atoms with Crippen LogP contribution in [0.15, 0.2) is 11.6 Å². The van der Waals surface area contributed by atoms with Crippen molar-refractivity contribution < 1.29 is 0 Å². The highest BCUT2D eigenvalue weighted by atomic mass is 14.4. The predicted molar refractivity (Wildman–Crippen MR) is 65.1 cm³/mol. The smallest absolute Gasteiger partial charge is 0.0339 e. The van der Waals surface area contributed by atoms with Crippen molar-refractivity contribution in [1.29, 1.82) is 5.41 Å². The van der Waals surface area contributed by atoms with Crippen molar-refractivity contribution in [2.75, 3.05) is 0 Å². The van der Waals surface area contributed by atoms with Crippen LogP contribution in [-0.2, 0) is 0 Å². The monoisotopic (exact) mass is 195 g/mol. The van der Waals surface area contributed by atoms with E-state index in [0.717, 1.165) is 30.9 Å². The summed E-state index contributed by atoms with van der Waals surface area (Å²) in [5.74, 6) is 0.792. The molecule has 0 amide bonds. The summed E-state index contributed by atoms with van der Waals surface area (Å²) in [5.41, 5.74) is 2.10. The highest BCUT2D eigenvalue weighted by Crippen LogP contribution is 2.16. The van der Waals surface area contributed by atoms with E-state index in [1.165, 1.54) is 18.4 Å². The number of nitrogens with one attached hydrogen (secondary N) is 1. The molecule has 0 saturated heterocycles. The maximum Gasteiger partial charge on any atom is 0.0339 e. The molecule has 0 heterocycles. The molecule has 1 N–H and O–H groups in total. The van der Waals surface area contributed by atoms with Crippen molar-refractivity contribution in [3.63, 3.8) is 0 Å². The van der Waals surface area contributed by atoms with Gasteiger partial charge in [0.05, 0.1) is 0 Å². The molecule has 0 radical (unpaired) electrons. The third-order valence-corrected chi connectivity index (χ3v) is 2.80. The van der Waals surface area contributed by atoms with Gasteiger partial charge < -0.3 is 5.41 Å². The standard InChI is InChI=1S/C13H25N/c1-5-8-12(13(14)7-3)10-9-11(4)6-2/h8,11,14H,5-7,9-10H2,1-4H3/b12-8+,14-13?. The van der Waals surface area contributed by atoms with Crippen LogP contribution in [0.25, 0.3) is 0 Å². The van der Waals surface area contributed by atoms with E-state index in [1.807, 2.05) is 0 Å². The predicted octanol–water partition coefficient (Wildman–Crippen LogP) is 4.58. The maximum absolute atomic E-state index is 7.83. The van der Waals surface area contributed by atoms with Crippen LogP contribution in [-0.4, -0.2) is 5.71 Å². The Hall–Kier alpha value is -0.590. The van der Waals surface area contributed by atoms with Crippen molar-refractivity contribution >= 4 is 5.71 Å². The third kappa shape index (κ3) is 5.21. The Kier molecular flexibility index (Phi) is 7.45. The fraction of sp³-hybridized carbons (Fsp3) is 0.769. The van der Waals surface area contributed by atoms with Crippen LogP contribution < -0.4 is 0 Å². The average Bonchev–Trinajstić information content (AvgIpc) is 2.22. The minimum atomic E-state index is 0.792.